The Balaban J connectivity index is 1.41. The molecule has 0 atom stereocenters. The molecule has 4 rings (SSSR count). The van der Waals surface area contributed by atoms with E-state index in [9.17, 15) is 9.18 Å². The maximum absolute atomic E-state index is 13.3. The molecular weight excluding hydrogens is 347 g/mol. The van der Waals surface area contributed by atoms with Crippen molar-refractivity contribution in [1.82, 2.24) is 19.6 Å². The van der Waals surface area contributed by atoms with Crippen LogP contribution in [0.4, 0.5) is 4.39 Å². The van der Waals surface area contributed by atoms with E-state index < -0.39 is 0 Å². The van der Waals surface area contributed by atoms with Gasteiger partial charge in [0.15, 0.2) is 0 Å². The predicted octanol–water partition coefficient (Wildman–Crippen LogP) is 3.05. The van der Waals surface area contributed by atoms with E-state index in [0.717, 1.165) is 43.9 Å². The SMILES string of the molecule is Cc1noc(C)c1CN1CCC(Cn2cnc3cc(F)ccc3c2=O)CC1. The number of hydrogen-bond donors (Lipinski definition) is 0. The van der Waals surface area contributed by atoms with Gasteiger partial charge in [-0.15, -0.1) is 0 Å². The van der Waals surface area contributed by atoms with Crippen LogP contribution in [0.5, 0.6) is 0 Å². The molecule has 0 radical (unpaired) electrons. The van der Waals surface area contributed by atoms with E-state index in [1.807, 2.05) is 13.8 Å². The third kappa shape index (κ3) is 3.64. The van der Waals surface area contributed by atoms with E-state index in [2.05, 4.69) is 15.0 Å². The summed E-state index contributed by atoms with van der Waals surface area (Å²) in [5, 5.41) is 4.49. The zero-order valence-corrected chi connectivity index (χ0v) is 15.6. The normalized spacial score (nSPS) is 16.3. The minimum absolute atomic E-state index is 0.0989. The van der Waals surface area contributed by atoms with Crippen LogP contribution in [0.2, 0.25) is 0 Å². The van der Waals surface area contributed by atoms with E-state index in [0.29, 0.717) is 23.4 Å². The highest BCUT2D eigenvalue weighted by molar-refractivity contribution is 5.77. The summed E-state index contributed by atoms with van der Waals surface area (Å²) in [6, 6.07) is 4.12. The van der Waals surface area contributed by atoms with E-state index in [-0.39, 0.29) is 11.4 Å². The summed E-state index contributed by atoms with van der Waals surface area (Å²) in [6.07, 6.45) is 3.59. The van der Waals surface area contributed by atoms with Gasteiger partial charge in [0.2, 0.25) is 0 Å². The summed E-state index contributed by atoms with van der Waals surface area (Å²) in [4.78, 5) is 19.3. The molecule has 1 aromatic carbocycles. The van der Waals surface area contributed by atoms with E-state index in [1.165, 1.54) is 23.8 Å². The lowest BCUT2D eigenvalue weighted by Crippen LogP contribution is -2.36. The number of hydrogen-bond acceptors (Lipinski definition) is 5. The van der Waals surface area contributed by atoms with Crippen molar-refractivity contribution >= 4 is 10.9 Å². The van der Waals surface area contributed by atoms with E-state index >= 15 is 0 Å². The van der Waals surface area contributed by atoms with E-state index in [4.69, 9.17) is 4.52 Å². The van der Waals surface area contributed by atoms with Crippen molar-refractivity contribution in [2.45, 2.75) is 39.8 Å². The molecule has 142 valence electrons. The molecule has 0 aliphatic carbocycles. The summed E-state index contributed by atoms with van der Waals surface area (Å²) in [6.45, 7) is 7.40. The summed E-state index contributed by atoms with van der Waals surface area (Å²) in [7, 11) is 0. The Morgan fingerprint density at radius 1 is 1.26 bits per heavy atom. The van der Waals surface area contributed by atoms with Crippen molar-refractivity contribution in [1.29, 1.82) is 0 Å². The molecular formula is C20H23FN4O2. The minimum Gasteiger partial charge on any atom is -0.361 e. The van der Waals surface area contributed by atoms with Crippen LogP contribution in [-0.2, 0) is 13.1 Å². The summed E-state index contributed by atoms with van der Waals surface area (Å²) >= 11 is 0. The molecule has 0 unspecified atom stereocenters. The van der Waals surface area contributed by atoms with Crippen molar-refractivity contribution in [3.8, 4) is 0 Å². The van der Waals surface area contributed by atoms with Gasteiger partial charge in [-0.25, -0.2) is 9.37 Å². The Morgan fingerprint density at radius 2 is 2.04 bits per heavy atom. The highest BCUT2D eigenvalue weighted by Gasteiger charge is 2.22. The van der Waals surface area contributed by atoms with Crippen molar-refractivity contribution in [2.24, 2.45) is 5.92 Å². The molecule has 3 aromatic rings. The lowest BCUT2D eigenvalue weighted by atomic mass is 9.96. The van der Waals surface area contributed by atoms with Gasteiger partial charge in [0.25, 0.3) is 5.56 Å². The molecule has 3 heterocycles. The Hall–Kier alpha value is -2.54. The Labute approximate surface area is 156 Å². The molecule has 27 heavy (non-hydrogen) atoms. The second-order valence-electron chi connectivity index (χ2n) is 7.39. The first-order chi connectivity index (χ1) is 13.0. The summed E-state index contributed by atoms with van der Waals surface area (Å²) in [5.74, 6) is 0.945. The number of rotatable bonds is 4. The maximum Gasteiger partial charge on any atom is 0.261 e. The average molecular weight is 370 g/mol. The Bertz CT molecular complexity index is 999. The van der Waals surface area contributed by atoms with Gasteiger partial charge in [0.05, 0.1) is 22.9 Å². The molecule has 0 N–H and O–H groups in total. The molecule has 1 fully saturated rings. The smallest absolute Gasteiger partial charge is 0.261 e. The summed E-state index contributed by atoms with van der Waals surface area (Å²) in [5.41, 5.74) is 2.44. The first-order valence-corrected chi connectivity index (χ1v) is 9.30. The first-order valence-electron chi connectivity index (χ1n) is 9.30. The molecule has 1 aliphatic rings. The van der Waals surface area contributed by atoms with Crippen LogP contribution in [-0.4, -0.2) is 32.7 Å². The lowest BCUT2D eigenvalue weighted by Gasteiger charge is -2.32. The second kappa shape index (κ2) is 7.23. The fraction of sp³-hybridized carbons (Fsp3) is 0.450. The maximum atomic E-state index is 13.3. The van der Waals surface area contributed by atoms with Crippen LogP contribution < -0.4 is 5.56 Å². The minimum atomic E-state index is -0.377. The molecule has 6 nitrogen and oxygen atoms in total. The van der Waals surface area contributed by atoms with Gasteiger partial charge in [-0.3, -0.25) is 14.3 Å². The first kappa shape index (κ1) is 17.9. The Morgan fingerprint density at radius 3 is 2.74 bits per heavy atom. The standard InChI is InChI=1S/C20H23FN4O2/c1-13-18(14(2)27-23-13)11-24-7-5-15(6-8-24)10-25-12-22-19-9-16(21)3-4-17(19)20(25)26/h3-4,9,12,15H,5-8,10-11H2,1-2H3. The number of piperidine rings is 1. The van der Waals surface area contributed by atoms with E-state index in [1.54, 1.807) is 10.9 Å². The fourth-order valence-electron chi connectivity index (χ4n) is 3.82. The van der Waals surface area contributed by atoms with Gasteiger partial charge in [-0.2, -0.15) is 0 Å². The number of aryl methyl sites for hydroxylation is 2. The van der Waals surface area contributed by atoms with Crippen molar-refractivity contribution < 1.29 is 8.91 Å². The van der Waals surface area contributed by atoms with Crippen LogP contribution in [0.15, 0.2) is 33.8 Å². The molecule has 0 amide bonds. The molecule has 0 bridgehead atoms. The molecule has 0 spiro atoms. The number of halogens is 1. The topological polar surface area (TPSA) is 64.2 Å². The van der Waals surface area contributed by atoms with Gasteiger partial charge in [0, 0.05) is 24.7 Å². The lowest BCUT2D eigenvalue weighted by molar-refractivity contribution is 0.165. The number of likely N-dealkylation sites (tertiary alicyclic amines) is 1. The molecule has 7 heteroatoms. The molecule has 1 aliphatic heterocycles. The van der Waals surface area contributed by atoms with Gasteiger partial charge in [0.1, 0.15) is 11.6 Å². The number of fused-ring (bicyclic) bond motifs is 1. The van der Waals surface area contributed by atoms with Crippen LogP contribution in [0, 0.1) is 25.6 Å². The number of nitrogens with zero attached hydrogens (tertiary/aromatic N) is 4. The number of benzene rings is 1. The van der Waals surface area contributed by atoms with Crippen LogP contribution >= 0.6 is 0 Å². The molecule has 0 saturated carbocycles. The molecule has 2 aromatic heterocycles. The third-order valence-corrected chi connectivity index (χ3v) is 5.51. The van der Waals surface area contributed by atoms with Crippen molar-refractivity contribution in [2.75, 3.05) is 13.1 Å². The van der Waals surface area contributed by atoms with Crippen molar-refractivity contribution in [3.63, 3.8) is 0 Å². The van der Waals surface area contributed by atoms with Gasteiger partial charge < -0.3 is 4.52 Å². The zero-order valence-electron chi connectivity index (χ0n) is 15.6. The van der Waals surface area contributed by atoms with Crippen LogP contribution in [0.25, 0.3) is 10.9 Å². The van der Waals surface area contributed by atoms with Crippen molar-refractivity contribution in [3.05, 3.63) is 57.7 Å². The monoisotopic (exact) mass is 370 g/mol. The average Bonchev–Trinajstić information content (AvgIpc) is 2.97. The second-order valence-corrected chi connectivity index (χ2v) is 7.39. The summed E-state index contributed by atoms with van der Waals surface area (Å²) < 4.78 is 20.2. The Kier molecular flexibility index (Phi) is 4.78. The fourth-order valence-corrected chi connectivity index (χ4v) is 3.82. The van der Waals surface area contributed by atoms with Gasteiger partial charge in [-0.1, -0.05) is 5.16 Å². The zero-order chi connectivity index (χ0) is 19.0. The van der Waals surface area contributed by atoms with Gasteiger partial charge >= 0.3 is 0 Å². The molecule has 1 saturated heterocycles. The highest BCUT2D eigenvalue weighted by Crippen LogP contribution is 2.22. The number of aromatic nitrogens is 3. The third-order valence-electron chi connectivity index (χ3n) is 5.51. The quantitative estimate of drug-likeness (QED) is 0.706. The van der Waals surface area contributed by atoms with Gasteiger partial charge in [-0.05, 0) is 57.8 Å². The largest absolute Gasteiger partial charge is 0.361 e. The highest BCUT2D eigenvalue weighted by atomic mass is 19.1. The predicted molar refractivity (Wildman–Crippen MR) is 99.9 cm³/mol. The van der Waals surface area contributed by atoms with Crippen LogP contribution in [0.3, 0.4) is 0 Å². The van der Waals surface area contributed by atoms with Crippen LogP contribution in [0.1, 0.15) is 29.9 Å².